The van der Waals surface area contributed by atoms with Crippen molar-refractivity contribution in [1.82, 2.24) is 10.3 Å². The molecule has 1 atom stereocenters. The Labute approximate surface area is 153 Å². The van der Waals surface area contributed by atoms with E-state index in [2.05, 4.69) is 21.7 Å². The molecule has 132 valence electrons. The fourth-order valence-corrected chi connectivity index (χ4v) is 3.67. The van der Waals surface area contributed by atoms with Crippen LogP contribution in [-0.2, 0) is 0 Å². The van der Waals surface area contributed by atoms with Crippen LogP contribution in [0.4, 0.5) is 10.6 Å². The van der Waals surface area contributed by atoms with Crippen LogP contribution < -0.4 is 10.6 Å². The third-order valence-electron chi connectivity index (χ3n) is 3.80. The van der Waals surface area contributed by atoms with Gasteiger partial charge >= 0.3 is 6.09 Å². The fraction of sp³-hybridized carbons (Fsp3) is 0.167. The number of pyridine rings is 1. The molecule has 0 unspecified atom stereocenters. The molecule has 3 rings (SSSR count). The van der Waals surface area contributed by atoms with Crippen molar-refractivity contribution in [2.45, 2.75) is 6.04 Å². The van der Waals surface area contributed by atoms with Crippen LogP contribution in [0.3, 0.4) is 0 Å². The third-order valence-corrected chi connectivity index (χ3v) is 5.01. The van der Waals surface area contributed by atoms with E-state index in [0.717, 1.165) is 20.5 Å². The minimum Gasteiger partial charge on any atom is -0.465 e. The largest absolute Gasteiger partial charge is 0.465 e. The summed E-state index contributed by atoms with van der Waals surface area (Å²) in [5.41, 5.74) is 1.53. The van der Waals surface area contributed by atoms with Gasteiger partial charge in [0.25, 0.3) is 0 Å². The van der Waals surface area contributed by atoms with Gasteiger partial charge in [-0.15, -0.1) is 11.3 Å². The highest BCUT2D eigenvalue weighted by molar-refractivity contribution is 7.22. The number of anilines is 1. The van der Waals surface area contributed by atoms with Crippen molar-refractivity contribution >= 4 is 33.3 Å². The number of rotatable bonds is 6. The maximum absolute atomic E-state index is 10.7. The molecule has 0 spiro atoms. The Morgan fingerprint density at radius 1 is 1.35 bits per heavy atom. The van der Waals surface area contributed by atoms with Crippen molar-refractivity contribution in [3.63, 3.8) is 0 Å². The van der Waals surface area contributed by atoms with E-state index >= 15 is 0 Å². The van der Waals surface area contributed by atoms with Gasteiger partial charge in [0.05, 0.1) is 22.9 Å². The lowest BCUT2D eigenvalue weighted by atomic mass is 10.1. The second-order valence-corrected chi connectivity index (χ2v) is 6.61. The van der Waals surface area contributed by atoms with E-state index < -0.39 is 12.1 Å². The topological polar surface area (TPSA) is 118 Å². The van der Waals surface area contributed by atoms with Crippen molar-refractivity contribution in [3.05, 3.63) is 48.2 Å². The molecule has 0 saturated carbocycles. The molecule has 0 fully saturated rings. The summed E-state index contributed by atoms with van der Waals surface area (Å²) < 4.78 is 0.815. The second-order valence-electron chi connectivity index (χ2n) is 5.56. The normalized spacial score (nSPS) is 11.7. The first-order valence-corrected chi connectivity index (χ1v) is 8.66. The standard InChI is InChI=1S/C18H16N4O3S/c19-7-12-8-20-17(21-9-13(10-23)22-18(24)25)14-6-15(26-16(12)14)11-4-2-1-3-5-11/h1-6,8,13,22-23H,9-10H2,(H,20,21)(H,24,25)/t13-/m0/s1. The predicted octanol–water partition coefficient (Wildman–Crippen LogP) is 2.88. The lowest BCUT2D eigenvalue weighted by Crippen LogP contribution is -2.41. The SMILES string of the molecule is N#Cc1cnc(NC[C@@H](CO)NC(=O)O)c2cc(-c3ccccc3)sc12. The van der Waals surface area contributed by atoms with Crippen LogP contribution in [0.1, 0.15) is 5.56 Å². The van der Waals surface area contributed by atoms with Gasteiger partial charge < -0.3 is 20.8 Å². The quantitative estimate of drug-likeness (QED) is 0.531. The molecule has 26 heavy (non-hydrogen) atoms. The molecule has 4 N–H and O–H groups in total. The van der Waals surface area contributed by atoms with Gasteiger partial charge in [-0.1, -0.05) is 30.3 Å². The number of fused-ring (bicyclic) bond motifs is 1. The van der Waals surface area contributed by atoms with Crippen LogP contribution in [0.25, 0.3) is 20.5 Å². The number of nitrogens with zero attached hydrogens (tertiary/aromatic N) is 2. The van der Waals surface area contributed by atoms with Crippen molar-refractivity contribution in [3.8, 4) is 16.5 Å². The molecule has 3 aromatic rings. The number of hydrogen-bond donors (Lipinski definition) is 4. The van der Waals surface area contributed by atoms with E-state index in [9.17, 15) is 15.2 Å². The number of aromatic nitrogens is 1. The van der Waals surface area contributed by atoms with Crippen molar-refractivity contribution < 1.29 is 15.0 Å². The zero-order valence-corrected chi connectivity index (χ0v) is 14.5. The summed E-state index contributed by atoms with van der Waals surface area (Å²) in [6.07, 6.45) is 0.291. The Kier molecular flexibility index (Phi) is 5.31. The zero-order chi connectivity index (χ0) is 18.5. The molecular formula is C18H16N4O3S. The maximum atomic E-state index is 10.7. The van der Waals surface area contributed by atoms with E-state index in [1.54, 1.807) is 0 Å². The summed E-state index contributed by atoms with van der Waals surface area (Å²) in [5, 5.41) is 33.5. The molecule has 1 aromatic carbocycles. The molecule has 2 aromatic heterocycles. The van der Waals surface area contributed by atoms with Gasteiger partial charge in [0.15, 0.2) is 0 Å². The van der Waals surface area contributed by atoms with Gasteiger partial charge in [-0.25, -0.2) is 9.78 Å². The van der Waals surface area contributed by atoms with E-state index in [-0.39, 0.29) is 13.2 Å². The van der Waals surface area contributed by atoms with Crippen molar-refractivity contribution in [2.24, 2.45) is 0 Å². The van der Waals surface area contributed by atoms with Crippen LogP contribution in [-0.4, -0.2) is 40.5 Å². The molecule has 8 heteroatoms. The molecule has 0 aliphatic rings. The van der Waals surface area contributed by atoms with Gasteiger partial charge in [0.2, 0.25) is 0 Å². The van der Waals surface area contributed by atoms with Crippen LogP contribution in [0.5, 0.6) is 0 Å². The smallest absolute Gasteiger partial charge is 0.405 e. The Morgan fingerprint density at radius 3 is 2.77 bits per heavy atom. The summed E-state index contributed by atoms with van der Waals surface area (Å²) in [5.74, 6) is 0.545. The molecule has 2 heterocycles. The Morgan fingerprint density at radius 2 is 2.12 bits per heavy atom. The fourth-order valence-electron chi connectivity index (χ4n) is 2.55. The number of aliphatic hydroxyl groups excluding tert-OH is 1. The number of thiophene rings is 1. The first-order chi connectivity index (χ1) is 12.6. The van der Waals surface area contributed by atoms with Gasteiger partial charge in [-0.05, 0) is 11.6 Å². The number of nitrogens with one attached hydrogen (secondary N) is 2. The number of hydrogen-bond acceptors (Lipinski definition) is 6. The molecular weight excluding hydrogens is 352 g/mol. The molecule has 7 nitrogen and oxygen atoms in total. The van der Waals surface area contributed by atoms with Gasteiger partial charge in [0.1, 0.15) is 11.9 Å². The Hall–Kier alpha value is -3.15. The predicted molar refractivity (Wildman–Crippen MR) is 100 cm³/mol. The zero-order valence-electron chi connectivity index (χ0n) is 13.6. The summed E-state index contributed by atoms with van der Waals surface area (Å²) >= 11 is 1.50. The summed E-state index contributed by atoms with van der Waals surface area (Å²) in [6.45, 7) is -0.162. The number of amides is 1. The van der Waals surface area contributed by atoms with Crippen molar-refractivity contribution in [1.29, 1.82) is 5.26 Å². The van der Waals surface area contributed by atoms with E-state index in [1.165, 1.54) is 17.5 Å². The molecule has 0 bridgehead atoms. The second kappa shape index (κ2) is 7.82. The van der Waals surface area contributed by atoms with Gasteiger partial charge in [-0.2, -0.15) is 5.26 Å². The monoisotopic (exact) mass is 368 g/mol. The van der Waals surface area contributed by atoms with E-state index in [4.69, 9.17) is 5.11 Å². The average Bonchev–Trinajstić information content (AvgIpc) is 3.11. The summed E-state index contributed by atoms with van der Waals surface area (Å²) in [7, 11) is 0. The lowest BCUT2D eigenvalue weighted by Gasteiger charge is -2.15. The van der Waals surface area contributed by atoms with Crippen LogP contribution >= 0.6 is 11.3 Å². The molecule has 0 radical (unpaired) electrons. The first-order valence-electron chi connectivity index (χ1n) is 7.84. The number of nitriles is 1. The number of benzene rings is 1. The minimum absolute atomic E-state index is 0.174. The lowest BCUT2D eigenvalue weighted by molar-refractivity contribution is 0.179. The van der Waals surface area contributed by atoms with Gasteiger partial charge in [0, 0.05) is 23.0 Å². The maximum Gasteiger partial charge on any atom is 0.405 e. The molecule has 1 amide bonds. The molecule has 0 aliphatic carbocycles. The van der Waals surface area contributed by atoms with Crippen LogP contribution in [0.15, 0.2) is 42.6 Å². The minimum atomic E-state index is -1.20. The highest BCUT2D eigenvalue weighted by atomic mass is 32.1. The van der Waals surface area contributed by atoms with Gasteiger partial charge in [-0.3, -0.25) is 0 Å². The van der Waals surface area contributed by atoms with Crippen molar-refractivity contribution in [2.75, 3.05) is 18.5 Å². The van der Waals surface area contributed by atoms with E-state index in [1.807, 2.05) is 36.4 Å². The number of carbonyl (C=O) groups is 1. The average molecular weight is 368 g/mol. The third kappa shape index (κ3) is 3.74. The van der Waals surface area contributed by atoms with Crippen LogP contribution in [0, 0.1) is 11.3 Å². The highest BCUT2D eigenvalue weighted by Crippen LogP contribution is 2.37. The summed E-state index contributed by atoms with van der Waals surface area (Å²) in [6, 6.07) is 13.3. The highest BCUT2D eigenvalue weighted by Gasteiger charge is 2.15. The van der Waals surface area contributed by atoms with Crippen LogP contribution in [0.2, 0.25) is 0 Å². The summed E-state index contributed by atoms with van der Waals surface area (Å²) in [4.78, 5) is 16.0. The first kappa shape index (κ1) is 17.7. The Balaban J connectivity index is 1.95. The number of carboxylic acid groups (broad SMARTS) is 1. The van der Waals surface area contributed by atoms with E-state index in [0.29, 0.717) is 11.4 Å². The number of aliphatic hydroxyl groups is 1. The molecule has 0 aliphatic heterocycles. The Bertz CT molecular complexity index is 966. The molecule has 0 saturated heterocycles.